The van der Waals surface area contributed by atoms with Crippen molar-refractivity contribution in [3.05, 3.63) is 174 Å². The Morgan fingerprint density at radius 1 is 0.349 bits per heavy atom. The molecule has 83 heavy (non-hydrogen) atoms. The monoisotopic (exact) mass is 1120 g/mol. The molecule has 0 radical (unpaired) electrons. The largest absolute Gasteiger partial charge is 0.491 e. The number of benzene rings is 7. The van der Waals surface area contributed by atoms with Gasteiger partial charge in [0.25, 0.3) is 0 Å². The second-order valence-corrected chi connectivity index (χ2v) is 21.2. The van der Waals surface area contributed by atoms with Gasteiger partial charge in [-0.05, 0) is 171 Å². The van der Waals surface area contributed by atoms with Crippen molar-refractivity contribution < 1.29 is 47.4 Å². The van der Waals surface area contributed by atoms with E-state index in [2.05, 4.69) is 149 Å². The fraction of sp³-hybridized carbons (Fsp3) is 0.408. The molecular weight excluding hydrogens is 1040 g/mol. The van der Waals surface area contributed by atoms with Crippen molar-refractivity contribution >= 4 is 38.9 Å². The van der Waals surface area contributed by atoms with E-state index in [1.54, 1.807) is 7.11 Å². The van der Waals surface area contributed by atoms with Gasteiger partial charge in [-0.15, -0.1) is 0 Å². The van der Waals surface area contributed by atoms with Gasteiger partial charge in [0.1, 0.15) is 12.4 Å². The molecule has 12 nitrogen and oxygen atoms in total. The zero-order valence-electron chi connectivity index (χ0n) is 49.5. The molecule has 10 rings (SSSR count). The van der Waals surface area contributed by atoms with Crippen molar-refractivity contribution in [2.24, 2.45) is 0 Å². The zero-order chi connectivity index (χ0) is 57.3. The Labute approximate surface area is 491 Å². The van der Waals surface area contributed by atoms with Crippen molar-refractivity contribution in [3.8, 4) is 33.7 Å². The van der Waals surface area contributed by atoms with Gasteiger partial charge in [0, 0.05) is 104 Å². The van der Waals surface area contributed by atoms with Gasteiger partial charge < -0.3 is 56.8 Å². The third kappa shape index (κ3) is 13.1. The first-order valence-corrected chi connectivity index (χ1v) is 30.2. The van der Waals surface area contributed by atoms with E-state index in [-0.39, 0.29) is 0 Å². The van der Waals surface area contributed by atoms with Crippen molar-refractivity contribution in [3.63, 3.8) is 0 Å². The van der Waals surface area contributed by atoms with Crippen molar-refractivity contribution in [1.29, 1.82) is 0 Å². The summed E-state index contributed by atoms with van der Waals surface area (Å²) in [6.45, 7) is 18.4. The Morgan fingerprint density at radius 2 is 0.759 bits per heavy atom. The van der Waals surface area contributed by atoms with E-state index in [0.29, 0.717) is 119 Å². The number of anilines is 3. The molecule has 0 N–H and O–H groups in total. The summed E-state index contributed by atoms with van der Waals surface area (Å²) in [6, 6.07) is 56.2. The summed E-state index contributed by atoms with van der Waals surface area (Å²) < 4.78 is 62.1. The normalized spacial score (nSPS) is 13.6. The van der Waals surface area contributed by atoms with Crippen LogP contribution < -0.4 is 9.64 Å². The van der Waals surface area contributed by atoms with E-state index in [0.717, 1.165) is 70.6 Å². The Balaban J connectivity index is 1.14. The molecule has 0 amide bonds. The summed E-state index contributed by atoms with van der Waals surface area (Å²) in [4.78, 5) is 2.48. The van der Waals surface area contributed by atoms with Crippen LogP contribution >= 0.6 is 0 Å². The maximum absolute atomic E-state index is 6.42. The van der Waals surface area contributed by atoms with E-state index in [4.69, 9.17) is 47.4 Å². The molecule has 0 saturated carbocycles. The molecule has 0 atom stereocenters. The fourth-order valence-corrected chi connectivity index (χ4v) is 12.7. The number of rotatable bonds is 36. The Morgan fingerprint density at radius 3 is 1.24 bits per heavy atom. The number of nitrogens with zero attached hydrogens (tertiary/aromatic N) is 2. The standard InChI is InChI=1S/C71H84N2O10/c1-6-75-41-45-79-36-32-70(33-37-80-46-42-76-7-2)64-19-13-10-16-58(64)60-29-24-55(51-66(60)70)72(54-26-31-69-63(50-54)62-18-12-15-21-68(62)73(69)53-22-27-57(28-23-53)83-49-40-74-5)56-25-30-61-59-17-11-14-20-65(59)71(67(61)52-56,34-38-81-47-43-77-8-3)35-39-82-48-44-78-9-4/h10-31,50-52H,6-9,32-49H2,1-5H3. The second kappa shape index (κ2) is 29.4. The lowest BCUT2D eigenvalue weighted by molar-refractivity contribution is 0.0356. The van der Waals surface area contributed by atoms with Crippen LogP contribution in [0, 0.1) is 0 Å². The van der Waals surface area contributed by atoms with Gasteiger partial charge >= 0.3 is 0 Å². The Hall–Kier alpha value is -6.42. The quantitative estimate of drug-likeness (QED) is 0.0351. The zero-order valence-corrected chi connectivity index (χ0v) is 49.5. The van der Waals surface area contributed by atoms with Gasteiger partial charge in [0.15, 0.2) is 0 Å². The average molecular weight is 1130 g/mol. The highest BCUT2D eigenvalue weighted by molar-refractivity contribution is 6.11. The van der Waals surface area contributed by atoms with E-state index < -0.39 is 10.8 Å². The van der Waals surface area contributed by atoms with Crippen LogP contribution in [0.25, 0.3) is 49.7 Å². The van der Waals surface area contributed by atoms with Crippen LogP contribution in [0.4, 0.5) is 17.1 Å². The minimum atomic E-state index is -0.411. The third-order valence-electron chi connectivity index (χ3n) is 16.6. The van der Waals surface area contributed by atoms with E-state index in [1.165, 1.54) is 49.9 Å². The highest BCUT2D eigenvalue weighted by Gasteiger charge is 2.45. The molecule has 12 heteroatoms. The molecule has 438 valence electrons. The average Bonchev–Trinajstić information content (AvgIpc) is 4.03. The van der Waals surface area contributed by atoms with E-state index >= 15 is 0 Å². The summed E-state index contributed by atoms with van der Waals surface area (Å²) in [5.74, 6) is 0.804. The number of para-hydroxylation sites is 1. The van der Waals surface area contributed by atoms with Gasteiger partial charge in [-0.25, -0.2) is 0 Å². The second-order valence-electron chi connectivity index (χ2n) is 21.2. The molecule has 2 aliphatic carbocycles. The first-order chi connectivity index (χ1) is 41.0. The maximum Gasteiger partial charge on any atom is 0.119 e. The topological polar surface area (TPSA) is 100 Å². The lowest BCUT2D eigenvalue weighted by Gasteiger charge is -2.35. The molecular formula is C71H84N2O10. The molecule has 0 bridgehead atoms. The number of hydrogen-bond donors (Lipinski definition) is 0. The molecule has 0 spiro atoms. The molecule has 0 saturated heterocycles. The van der Waals surface area contributed by atoms with Crippen LogP contribution in [0.15, 0.2) is 152 Å². The summed E-state index contributed by atoms with van der Waals surface area (Å²) in [6.07, 6.45) is 3.08. The first-order valence-electron chi connectivity index (χ1n) is 30.2. The molecule has 0 unspecified atom stereocenters. The molecule has 8 aromatic rings. The summed E-state index contributed by atoms with van der Waals surface area (Å²) in [7, 11) is 1.69. The summed E-state index contributed by atoms with van der Waals surface area (Å²) >= 11 is 0. The Bertz CT molecular complexity index is 3170. The molecule has 1 heterocycles. The van der Waals surface area contributed by atoms with Crippen LogP contribution in [0.3, 0.4) is 0 Å². The van der Waals surface area contributed by atoms with Crippen molar-refractivity contribution in [1.82, 2.24) is 4.57 Å². The van der Waals surface area contributed by atoms with Crippen LogP contribution in [0.5, 0.6) is 5.75 Å². The molecule has 2 aliphatic rings. The molecule has 0 fully saturated rings. The minimum absolute atomic E-state index is 0.411. The van der Waals surface area contributed by atoms with Crippen LogP contribution in [-0.4, -0.2) is 131 Å². The number of ether oxygens (including phenoxy) is 10. The fourth-order valence-electron chi connectivity index (χ4n) is 12.7. The number of fused-ring (bicyclic) bond motifs is 9. The van der Waals surface area contributed by atoms with E-state index in [9.17, 15) is 0 Å². The SMILES string of the molecule is CCOCCOCCC1(CCOCCOCC)c2ccccc2-c2ccc(N(c3ccc4c(c3)C(CCOCCOCC)(CCOCCOCC)c3ccccc3-4)c3ccc4c(c3)c3ccccc3n4-c3ccc(OCCOC)cc3)cc21. The first kappa shape index (κ1) is 59.7. The molecule has 0 aliphatic heterocycles. The Kier molecular flexibility index (Phi) is 21.2. The third-order valence-corrected chi connectivity index (χ3v) is 16.6. The number of hydrogen-bond acceptors (Lipinski definition) is 11. The lowest BCUT2D eigenvalue weighted by Crippen LogP contribution is -2.30. The van der Waals surface area contributed by atoms with Gasteiger partial charge in [0.05, 0.1) is 70.5 Å². The molecule has 7 aromatic carbocycles. The van der Waals surface area contributed by atoms with Crippen molar-refractivity contribution in [2.45, 2.75) is 64.2 Å². The summed E-state index contributed by atoms with van der Waals surface area (Å²) in [5.41, 5.74) is 15.7. The van der Waals surface area contributed by atoms with Crippen molar-refractivity contribution in [2.75, 3.05) is 131 Å². The van der Waals surface area contributed by atoms with Crippen LogP contribution in [-0.2, 0) is 53.5 Å². The van der Waals surface area contributed by atoms with E-state index in [1.807, 2.05) is 39.8 Å². The van der Waals surface area contributed by atoms with Gasteiger partial charge in [-0.3, -0.25) is 0 Å². The highest BCUT2D eigenvalue weighted by Crippen LogP contribution is 2.57. The predicted molar refractivity (Wildman–Crippen MR) is 333 cm³/mol. The highest BCUT2D eigenvalue weighted by atomic mass is 16.5. The predicted octanol–water partition coefficient (Wildman–Crippen LogP) is 14.6. The smallest absolute Gasteiger partial charge is 0.119 e. The maximum atomic E-state index is 6.42. The van der Waals surface area contributed by atoms with Gasteiger partial charge in [0.2, 0.25) is 0 Å². The number of aromatic nitrogens is 1. The molecule has 1 aromatic heterocycles. The van der Waals surface area contributed by atoms with Gasteiger partial charge in [-0.1, -0.05) is 78.9 Å². The van der Waals surface area contributed by atoms with Crippen LogP contribution in [0.2, 0.25) is 0 Å². The summed E-state index contributed by atoms with van der Waals surface area (Å²) in [5, 5.41) is 2.31. The minimum Gasteiger partial charge on any atom is -0.491 e. The number of methoxy groups -OCH3 is 1. The lowest BCUT2D eigenvalue weighted by atomic mass is 9.73. The van der Waals surface area contributed by atoms with Crippen LogP contribution in [0.1, 0.15) is 75.6 Å². The van der Waals surface area contributed by atoms with Gasteiger partial charge in [-0.2, -0.15) is 0 Å².